The van der Waals surface area contributed by atoms with Crippen LogP contribution >= 0.6 is 0 Å². The van der Waals surface area contributed by atoms with E-state index in [0.29, 0.717) is 0 Å². The van der Waals surface area contributed by atoms with Crippen LogP contribution in [0.25, 0.3) is 0 Å². The van der Waals surface area contributed by atoms with Gasteiger partial charge < -0.3 is 18.6 Å². The van der Waals surface area contributed by atoms with E-state index in [9.17, 15) is 0 Å². The van der Waals surface area contributed by atoms with E-state index in [0.717, 1.165) is 6.54 Å². The molecular formula is C7H19NO3Si. The first-order valence-electron chi connectivity index (χ1n) is 3.96. The third-order valence-corrected chi connectivity index (χ3v) is 5.09. The maximum atomic E-state index is 5.31. The summed E-state index contributed by atoms with van der Waals surface area (Å²) in [5.41, 5.74) is 0.266. The Kier molecular flexibility index (Phi) is 5.69. The second kappa shape index (κ2) is 5.66. The summed E-state index contributed by atoms with van der Waals surface area (Å²) < 4.78 is 15.9. The fourth-order valence-electron chi connectivity index (χ4n) is 1.28. The summed E-state index contributed by atoms with van der Waals surface area (Å²) >= 11 is 0. The second-order valence-corrected chi connectivity index (χ2v) is 6.09. The Morgan fingerprint density at radius 1 is 1.17 bits per heavy atom. The fourth-order valence-corrected chi connectivity index (χ4v) is 3.45. The van der Waals surface area contributed by atoms with Gasteiger partial charge in [-0.15, -0.1) is 0 Å². The Balaban J connectivity index is 4.24. The number of hydrogen-bond donors (Lipinski definition) is 1. The van der Waals surface area contributed by atoms with Crippen molar-refractivity contribution in [3.63, 3.8) is 0 Å². The lowest BCUT2D eigenvalue weighted by Crippen LogP contribution is -2.49. The normalized spacial score (nSPS) is 14.8. The highest BCUT2D eigenvalue weighted by molar-refractivity contribution is 6.62. The first-order chi connectivity index (χ1) is 5.66. The van der Waals surface area contributed by atoms with E-state index in [1.54, 1.807) is 21.3 Å². The molecule has 1 atom stereocenters. The average Bonchev–Trinajstić information content (AvgIpc) is 2.09. The zero-order valence-corrected chi connectivity index (χ0v) is 9.51. The van der Waals surface area contributed by atoms with Crippen LogP contribution in [0.1, 0.15) is 6.92 Å². The van der Waals surface area contributed by atoms with Crippen LogP contribution in [0, 0.1) is 0 Å². The second-order valence-electron chi connectivity index (χ2n) is 2.67. The SMILES string of the molecule is CNCC(C)[Si](OC)(OC)OC. The molecule has 0 saturated heterocycles. The Morgan fingerprint density at radius 3 is 1.83 bits per heavy atom. The first kappa shape index (κ1) is 12.1. The van der Waals surface area contributed by atoms with E-state index in [-0.39, 0.29) is 5.54 Å². The smallest absolute Gasteiger partial charge is 0.377 e. The molecule has 0 radical (unpaired) electrons. The summed E-state index contributed by atoms with van der Waals surface area (Å²) in [5.74, 6) is 0. The van der Waals surface area contributed by atoms with Gasteiger partial charge in [-0.2, -0.15) is 0 Å². The van der Waals surface area contributed by atoms with Crippen LogP contribution in [0.5, 0.6) is 0 Å². The van der Waals surface area contributed by atoms with Crippen LogP contribution in [0.3, 0.4) is 0 Å². The van der Waals surface area contributed by atoms with Crippen LogP contribution in [0.2, 0.25) is 5.54 Å². The van der Waals surface area contributed by atoms with E-state index in [4.69, 9.17) is 13.3 Å². The van der Waals surface area contributed by atoms with Gasteiger partial charge in [-0.05, 0) is 7.05 Å². The predicted molar refractivity (Wildman–Crippen MR) is 50.1 cm³/mol. The summed E-state index contributed by atoms with van der Waals surface area (Å²) in [7, 11) is 4.39. The highest BCUT2D eigenvalue weighted by atomic mass is 28.4. The lowest BCUT2D eigenvalue weighted by Gasteiger charge is -2.29. The third kappa shape index (κ3) is 2.53. The van der Waals surface area contributed by atoms with Gasteiger partial charge in [-0.25, -0.2) is 0 Å². The Bertz CT molecular complexity index is 111. The van der Waals surface area contributed by atoms with Gasteiger partial charge in [-0.1, -0.05) is 6.92 Å². The maximum Gasteiger partial charge on any atom is 0.504 e. The minimum absolute atomic E-state index is 0.266. The Hall–Kier alpha value is 0.0569. The van der Waals surface area contributed by atoms with E-state index >= 15 is 0 Å². The van der Waals surface area contributed by atoms with Crippen molar-refractivity contribution >= 4 is 8.80 Å². The van der Waals surface area contributed by atoms with Crippen LogP contribution in [0.15, 0.2) is 0 Å². The van der Waals surface area contributed by atoms with Crippen LogP contribution in [-0.2, 0) is 13.3 Å². The van der Waals surface area contributed by atoms with Crippen molar-refractivity contribution in [3.05, 3.63) is 0 Å². The van der Waals surface area contributed by atoms with E-state index in [1.807, 2.05) is 7.05 Å². The van der Waals surface area contributed by atoms with Crippen molar-refractivity contribution in [2.75, 3.05) is 34.9 Å². The molecule has 74 valence electrons. The van der Waals surface area contributed by atoms with Crippen molar-refractivity contribution in [2.45, 2.75) is 12.5 Å². The summed E-state index contributed by atoms with van der Waals surface area (Å²) in [6.07, 6.45) is 0. The highest BCUT2D eigenvalue weighted by Crippen LogP contribution is 2.22. The van der Waals surface area contributed by atoms with Gasteiger partial charge in [0.05, 0.1) is 0 Å². The molecule has 0 aliphatic carbocycles. The molecule has 1 N–H and O–H groups in total. The first-order valence-corrected chi connectivity index (χ1v) is 5.77. The van der Waals surface area contributed by atoms with Gasteiger partial charge in [0.2, 0.25) is 0 Å². The summed E-state index contributed by atoms with van der Waals surface area (Å²) in [6.45, 7) is 2.89. The molecule has 0 heterocycles. The minimum Gasteiger partial charge on any atom is -0.377 e. The molecule has 0 saturated carbocycles. The summed E-state index contributed by atoms with van der Waals surface area (Å²) in [4.78, 5) is 0. The van der Waals surface area contributed by atoms with Crippen LogP contribution in [0.4, 0.5) is 0 Å². The summed E-state index contributed by atoms with van der Waals surface area (Å²) in [6, 6.07) is 0. The zero-order valence-electron chi connectivity index (χ0n) is 8.51. The van der Waals surface area contributed by atoms with Crippen LogP contribution in [-0.4, -0.2) is 43.7 Å². The van der Waals surface area contributed by atoms with Crippen molar-refractivity contribution in [1.82, 2.24) is 5.32 Å². The number of nitrogens with one attached hydrogen (secondary N) is 1. The lowest BCUT2D eigenvalue weighted by molar-refractivity contribution is 0.113. The van der Waals surface area contributed by atoms with Gasteiger partial charge in [0, 0.05) is 33.4 Å². The maximum absolute atomic E-state index is 5.31. The number of hydrogen-bond acceptors (Lipinski definition) is 4. The van der Waals surface area contributed by atoms with Gasteiger partial charge in [0.1, 0.15) is 0 Å². The zero-order chi connectivity index (χ0) is 9.61. The molecule has 1 unspecified atom stereocenters. The van der Waals surface area contributed by atoms with Crippen molar-refractivity contribution in [1.29, 1.82) is 0 Å². The van der Waals surface area contributed by atoms with E-state index in [2.05, 4.69) is 12.2 Å². The molecular weight excluding hydrogens is 174 g/mol. The fraction of sp³-hybridized carbons (Fsp3) is 1.00. The average molecular weight is 193 g/mol. The molecule has 0 amide bonds. The van der Waals surface area contributed by atoms with E-state index in [1.165, 1.54) is 0 Å². The molecule has 0 aliphatic rings. The predicted octanol–water partition coefficient (Wildman–Crippen LogP) is 0.474. The van der Waals surface area contributed by atoms with Crippen molar-refractivity contribution < 1.29 is 13.3 Å². The molecule has 0 rings (SSSR count). The lowest BCUT2D eigenvalue weighted by atomic mass is 10.5. The topological polar surface area (TPSA) is 39.7 Å². The van der Waals surface area contributed by atoms with Gasteiger partial charge in [0.25, 0.3) is 0 Å². The van der Waals surface area contributed by atoms with Crippen molar-refractivity contribution in [2.24, 2.45) is 0 Å². The molecule has 12 heavy (non-hydrogen) atoms. The molecule has 0 aromatic rings. The molecule has 0 fully saturated rings. The highest BCUT2D eigenvalue weighted by Gasteiger charge is 2.43. The molecule has 0 bridgehead atoms. The molecule has 4 nitrogen and oxygen atoms in total. The van der Waals surface area contributed by atoms with Gasteiger partial charge in [-0.3, -0.25) is 0 Å². The molecule has 5 heteroatoms. The minimum atomic E-state index is -2.40. The molecule has 0 aromatic carbocycles. The quantitative estimate of drug-likeness (QED) is 0.623. The van der Waals surface area contributed by atoms with E-state index < -0.39 is 8.80 Å². The summed E-state index contributed by atoms with van der Waals surface area (Å²) in [5, 5.41) is 3.07. The Morgan fingerprint density at radius 2 is 1.58 bits per heavy atom. The molecule has 0 aromatic heterocycles. The number of rotatable bonds is 6. The monoisotopic (exact) mass is 193 g/mol. The van der Waals surface area contributed by atoms with Gasteiger partial charge in [0.15, 0.2) is 0 Å². The standard InChI is InChI=1S/C7H19NO3Si/c1-7(6-8-2)12(9-3,10-4)11-5/h7-8H,6H2,1-5H3. The van der Waals surface area contributed by atoms with Crippen LogP contribution < -0.4 is 5.32 Å². The largest absolute Gasteiger partial charge is 0.504 e. The Labute approximate surface area is 75.6 Å². The third-order valence-electron chi connectivity index (χ3n) is 1.97. The molecule has 0 spiro atoms. The van der Waals surface area contributed by atoms with Gasteiger partial charge >= 0.3 is 8.80 Å². The van der Waals surface area contributed by atoms with Crippen molar-refractivity contribution in [3.8, 4) is 0 Å². The molecule has 0 aliphatic heterocycles.